The van der Waals surface area contributed by atoms with Crippen LogP contribution in [0.15, 0.2) is 71.7 Å². The minimum Gasteiger partial charge on any atom is -0.359 e. The van der Waals surface area contributed by atoms with Crippen molar-refractivity contribution in [2.75, 3.05) is 4.31 Å². The van der Waals surface area contributed by atoms with Crippen molar-refractivity contribution in [1.82, 2.24) is 0 Å². The smallest absolute Gasteiger partial charge is 0.261 e. The summed E-state index contributed by atoms with van der Waals surface area (Å²) in [7, 11) is -4.16. The van der Waals surface area contributed by atoms with Crippen molar-refractivity contribution in [1.29, 1.82) is 0 Å². The van der Waals surface area contributed by atoms with Crippen LogP contribution in [0.5, 0.6) is 0 Å². The maximum absolute atomic E-state index is 13.7. The molecule has 0 aromatic heterocycles. The van der Waals surface area contributed by atoms with E-state index in [9.17, 15) is 18.3 Å². The first-order chi connectivity index (χ1) is 14.7. The first-order valence-electron chi connectivity index (χ1n) is 9.87. The van der Waals surface area contributed by atoms with Crippen molar-refractivity contribution in [3.63, 3.8) is 0 Å². The van der Waals surface area contributed by atoms with Gasteiger partial charge in [-0.05, 0) is 42.7 Å². The summed E-state index contributed by atoms with van der Waals surface area (Å²) in [6, 6.07) is 18.8. The Bertz CT molecular complexity index is 1380. The van der Waals surface area contributed by atoms with E-state index in [1.807, 2.05) is 13.8 Å². The molecule has 1 aliphatic carbocycles. The van der Waals surface area contributed by atoms with Crippen LogP contribution in [-0.4, -0.2) is 30.7 Å². The molecule has 1 aliphatic heterocycles. The third-order valence-corrected chi connectivity index (χ3v) is 7.59. The lowest BCUT2D eigenvalue weighted by Crippen LogP contribution is -2.61. The molecule has 31 heavy (non-hydrogen) atoms. The number of sulfonamides is 1. The van der Waals surface area contributed by atoms with E-state index >= 15 is 0 Å². The number of aliphatic imine (C=N–C) groups is 1. The van der Waals surface area contributed by atoms with Crippen molar-refractivity contribution >= 4 is 32.9 Å². The highest BCUT2D eigenvalue weighted by Gasteiger charge is 2.60. The first-order valence-corrected chi connectivity index (χ1v) is 11.5. The van der Waals surface area contributed by atoms with Crippen LogP contribution < -0.4 is 4.31 Å². The molecule has 0 amide bonds. The molecule has 6 nitrogen and oxygen atoms in total. The lowest BCUT2D eigenvalue weighted by molar-refractivity contribution is 0.0649. The van der Waals surface area contributed by atoms with E-state index in [-0.39, 0.29) is 22.7 Å². The molecule has 7 heteroatoms. The molecule has 0 spiro atoms. The summed E-state index contributed by atoms with van der Waals surface area (Å²) in [6.45, 7) is 3.76. The number of Topliss-reactive ketones (excluding diaryl/α,β-unsaturated/α-hetero) is 1. The molecule has 5 rings (SSSR count). The van der Waals surface area contributed by atoms with Gasteiger partial charge in [-0.25, -0.2) is 17.7 Å². The molecule has 1 unspecified atom stereocenters. The highest BCUT2D eigenvalue weighted by Crippen LogP contribution is 2.47. The molecule has 2 aliphatic rings. The molecular weight excluding hydrogens is 412 g/mol. The number of aryl methyl sites for hydroxylation is 2. The summed E-state index contributed by atoms with van der Waals surface area (Å²) >= 11 is 0. The van der Waals surface area contributed by atoms with E-state index < -0.39 is 21.5 Å². The summed E-state index contributed by atoms with van der Waals surface area (Å²) in [5.41, 5.74) is 1.25. The Hall–Kier alpha value is -3.29. The fourth-order valence-electron chi connectivity index (χ4n) is 4.23. The number of fused-ring (bicyclic) bond motifs is 4. The minimum atomic E-state index is -4.16. The first kappa shape index (κ1) is 19.7. The van der Waals surface area contributed by atoms with Crippen LogP contribution >= 0.6 is 0 Å². The molecule has 0 bridgehead atoms. The molecule has 1 heterocycles. The largest absolute Gasteiger partial charge is 0.359 e. The van der Waals surface area contributed by atoms with E-state index in [4.69, 9.17) is 0 Å². The Morgan fingerprint density at radius 2 is 1.55 bits per heavy atom. The van der Waals surface area contributed by atoms with Crippen LogP contribution in [0.25, 0.3) is 0 Å². The summed E-state index contributed by atoms with van der Waals surface area (Å²) in [6.07, 6.45) is 0. The van der Waals surface area contributed by atoms with Crippen LogP contribution in [0.3, 0.4) is 0 Å². The van der Waals surface area contributed by atoms with E-state index in [2.05, 4.69) is 4.99 Å². The number of rotatable bonds is 3. The molecule has 156 valence electrons. The zero-order chi connectivity index (χ0) is 22.0. The van der Waals surface area contributed by atoms with Gasteiger partial charge in [-0.3, -0.25) is 4.79 Å². The zero-order valence-corrected chi connectivity index (χ0v) is 17.8. The summed E-state index contributed by atoms with van der Waals surface area (Å²) < 4.78 is 28.3. The van der Waals surface area contributed by atoms with Gasteiger partial charge >= 0.3 is 0 Å². The number of aliphatic hydroxyl groups is 1. The lowest BCUT2D eigenvalue weighted by Gasteiger charge is -2.40. The summed E-state index contributed by atoms with van der Waals surface area (Å²) in [5, 5.41) is 11.7. The average Bonchev–Trinajstić information content (AvgIpc) is 2.95. The predicted octanol–water partition coefficient (Wildman–Crippen LogP) is 3.66. The van der Waals surface area contributed by atoms with Crippen molar-refractivity contribution in [3.05, 3.63) is 94.5 Å². The fraction of sp³-hybridized carbons (Fsp3) is 0.167. The van der Waals surface area contributed by atoms with Gasteiger partial charge in [0.15, 0.2) is 0 Å². The van der Waals surface area contributed by atoms with Gasteiger partial charge in [0.2, 0.25) is 15.8 Å². The van der Waals surface area contributed by atoms with Crippen molar-refractivity contribution in [2.45, 2.75) is 25.3 Å². The number of hydrogen-bond acceptors (Lipinski definition) is 5. The van der Waals surface area contributed by atoms with Gasteiger partial charge < -0.3 is 5.11 Å². The second-order valence-electron chi connectivity index (χ2n) is 7.94. The van der Waals surface area contributed by atoms with E-state index in [1.165, 1.54) is 0 Å². The molecule has 3 aromatic carbocycles. The number of hydrogen-bond donors (Lipinski definition) is 1. The van der Waals surface area contributed by atoms with E-state index in [0.29, 0.717) is 16.8 Å². The van der Waals surface area contributed by atoms with Crippen LogP contribution in [0.2, 0.25) is 0 Å². The molecular formula is C24H20N2O4S. The number of carbonyl (C=O) groups excluding carboxylic acids is 1. The molecule has 1 atom stereocenters. The monoisotopic (exact) mass is 432 g/mol. The van der Waals surface area contributed by atoms with Gasteiger partial charge in [0.05, 0.1) is 17.1 Å². The SMILES string of the molecule is Cc1cc2c(cc1C)N(S(=O)(=O)Cc1ccccc1)C1(O)C(=O)c3ccccc3C1=N2. The zero-order valence-electron chi connectivity index (χ0n) is 17.0. The van der Waals surface area contributed by atoms with E-state index in [0.717, 1.165) is 15.4 Å². The van der Waals surface area contributed by atoms with Crippen LogP contribution in [0.1, 0.15) is 32.6 Å². The second-order valence-corrected chi connectivity index (χ2v) is 9.76. The van der Waals surface area contributed by atoms with Gasteiger partial charge in [-0.15, -0.1) is 0 Å². The summed E-state index contributed by atoms with van der Waals surface area (Å²) in [5.74, 6) is -1.05. The summed E-state index contributed by atoms with van der Waals surface area (Å²) in [4.78, 5) is 18.0. The highest BCUT2D eigenvalue weighted by molar-refractivity contribution is 7.92. The van der Waals surface area contributed by atoms with Gasteiger partial charge in [0.25, 0.3) is 5.72 Å². The van der Waals surface area contributed by atoms with Gasteiger partial charge in [0.1, 0.15) is 5.71 Å². The topological polar surface area (TPSA) is 87.0 Å². The van der Waals surface area contributed by atoms with Gasteiger partial charge in [-0.1, -0.05) is 54.6 Å². The molecule has 3 aromatic rings. The lowest BCUT2D eigenvalue weighted by atomic mass is 10.0. The normalized spacial score (nSPS) is 19.5. The van der Waals surface area contributed by atoms with Crippen LogP contribution in [0.4, 0.5) is 11.4 Å². The average molecular weight is 433 g/mol. The fourth-order valence-corrected chi connectivity index (χ4v) is 5.99. The third-order valence-electron chi connectivity index (χ3n) is 5.88. The maximum atomic E-state index is 13.7. The minimum absolute atomic E-state index is 0.0421. The number of ketones is 1. The Labute approximate surface area is 180 Å². The molecule has 0 saturated heterocycles. The Balaban J connectivity index is 1.79. The Morgan fingerprint density at radius 3 is 2.26 bits per heavy atom. The number of anilines is 1. The van der Waals surface area contributed by atoms with Crippen molar-refractivity contribution in [3.8, 4) is 0 Å². The van der Waals surface area contributed by atoms with Gasteiger partial charge in [0, 0.05) is 11.1 Å². The van der Waals surface area contributed by atoms with Crippen LogP contribution in [-0.2, 0) is 15.8 Å². The Morgan fingerprint density at radius 1 is 0.935 bits per heavy atom. The second kappa shape index (κ2) is 6.60. The molecule has 0 saturated carbocycles. The molecule has 0 fully saturated rings. The maximum Gasteiger partial charge on any atom is 0.261 e. The number of carbonyl (C=O) groups is 1. The standard InChI is InChI=1S/C24H20N2O4S/c1-15-12-20-21(13-16(15)2)26(31(29,30)14-17-8-4-3-5-9-17)24(28)22(25-20)18-10-6-7-11-19(18)23(24)27/h3-13,28H,14H2,1-2H3. The highest BCUT2D eigenvalue weighted by atomic mass is 32.2. The van der Waals surface area contributed by atoms with Crippen LogP contribution in [0, 0.1) is 13.8 Å². The quantitative estimate of drug-likeness (QED) is 0.684. The van der Waals surface area contributed by atoms with Crippen molar-refractivity contribution in [2.24, 2.45) is 4.99 Å². The van der Waals surface area contributed by atoms with Crippen molar-refractivity contribution < 1.29 is 18.3 Å². The van der Waals surface area contributed by atoms with Gasteiger partial charge in [-0.2, -0.15) is 0 Å². The number of benzene rings is 3. The third kappa shape index (κ3) is 2.77. The number of nitrogens with zero attached hydrogens (tertiary/aromatic N) is 2. The Kier molecular flexibility index (Phi) is 4.19. The predicted molar refractivity (Wildman–Crippen MR) is 119 cm³/mol. The van der Waals surface area contributed by atoms with E-state index in [1.54, 1.807) is 66.7 Å². The molecule has 0 radical (unpaired) electrons. The molecule has 1 N–H and O–H groups in total.